The summed E-state index contributed by atoms with van der Waals surface area (Å²) in [6.07, 6.45) is -0.111. The number of benzene rings is 2. The van der Waals surface area contributed by atoms with Crippen LogP contribution >= 0.6 is 0 Å². The van der Waals surface area contributed by atoms with Crippen molar-refractivity contribution in [3.63, 3.8) is 0 Å². The highest BCUT2D eigenvalue weighted by atomic mass is 32.2. The van der Waals surface area contributed by atoms with Gasteiger partial charge in [-0.05, 0) is 42.5 Å². The molecule has 0 radical (unpaired) electrons. The molecule has 1 amide bonds. The number of amides is 1. The molecule has 1 fully saturated rings. The number of morpholine rings is 1. The summed E-state index contributed by atoms with van der Waals surface area (Å²) in [6.45, 7) is 1.25. The molecule has 2 aromatic rings. The van der Waals surface area contributed by atoms with E-state index < -0.39 is 21.7 Å². The summed E-state index contributed by atoms with van der Waals surface area (Å²) in [5, 5.41) is 2.61. The van der Waals surface area contributed by atoms with Gasteiger partial charge in [-0.1, -0.05) is 6.07 Å². The summed E-state index contributed by atoms with van der Waals surface area (Å²) in [4.78, 5) is 24.3. The summed E-state index contributed by atoms with van der Waals surface area (Å²) in [5.74, 6) is -1.13. The zero-order valence-electron chi connectivity index (χ0n) is 15.6. The molecule has 0 aliphatic carbocycles. The third-order valence-corrected chi connectivity index (χ3v) is 6.37. The van der Waals surface area contributed by atoms with E-state index in [2.05, 4.69) is 5.32 Å². The van der Waals surface area contributed by atoms with E-state index in [0.717, 1.165) is 0 Å². The average Bonchev–Trinajstić information content (AvgIpc) is 2.73. The van der Waals surface area contributed by atoms with Crippen molar-refractivity contribution in [2.45, 2.75) is 17.7 Å². The first-order chi connectivity index (χ1) is 13.9. The predicted molar refractivity (Wildman–Crippen MR) is 105 cm³/mol. The molecule has 7 nitrogen and oxygen atoms in total. The van der Waals surface area contributed by atoms with E-state index in [4.69, 9.17) is 4.74 Å². The third-order valence-electron chi connectivity index (χ3n) is 4.47. The number of rotatable bonds is 7. The van der Waals surface area contributed by atoms with Gasteiger partial charge in [0.05, 0.1) is 18.1 Å². The van der Waals surface area contributed by atoms with Gasteiger partial charge in [0.1, 0.15) is 5.82 Å². The fourth-order valence-corrected chi connectivity index (χ4v) is 4.36. The summed E-state index contributed by atoms with van der Waals surface area (Å²) in [5.41, 5.74) is 0.663. The molecule has 1 saturated heterocycles. The normalized spacial score (nSPS) is 15.1. The summed E-state index contributed by atoms with van der Waals surface area (Å²) in [6, 6.07) is 11.1. The van der Waals surface area contributed by atoms with Crippen molar-refractivity contribution in [1.82, 2.24) is 4.31 Å². The van der Waals surface area contributed by atoms with Crippen molar-refractivity contribution in [2.75, 3.05) is 31.6 Å². The van der Waals surface area contributed by atoms with Crippen molar-refractivity contribution in [3.8, 4) is 0 Å². The van der Waals surface area contributed by atoms with E-state index in [9.17, 15) is 22.4 Å². The Hall–Kier alpha value is -2.62. The number of anilines is 1. The highest BCUT2D eigenvalue weighted by molar-refractivity contribution is 7.89. The number of carbonyl (C=O) groups is 2. The molecule has 1 N–H and O–H groups in total. The van der Waals surface area contributed by atoms with Gasteiger partial charge in [-0.25, -0.2) is 12.8 Å². The minimum atomic E-state index is -3.67. The second kappa shape index (κ2) is 9.25. The predicted octanol–water partition coefficient (Wildman–Crippen LogP) is 2.45. The highest BCUT2D eigenvalue weighted by Gasteiger charge is 2.26. The van der Waals surface area contributed by atoms with Crippen molar-refractivity contribution in [1.29, 1.82) is 0 Å². The van der Waals surface area contributed by atoms with Crippen LogP contribution in [0.4, 0.5) is 10.1 Å². The van der Waals surface area contributed by atoms with Gasteiger partial charge in [0.15, 0.2) is 5.78 Å². The first-order valence-corrected chi connectivity index (χ1v) is 10.6. The molecule has 1 heterocycles. The number of hydrogen-bond acceptors (Lipinski definition) is 5. The van der Waals surface area contributed by atoms with E-state index in [0.29, 0.717) is 24.5 Å². The molecule has 0 saturated carbocycles. The number of halogens is 1. The molecule has 3 rings (SSSR count). The van der Waals surface area contributed by atoms with Crippen molar-refractivity contribution in [3.05, 3.63) is 59.9 Å². The minimum absolute atomic E-state index is 0.0385. The largest absolute Gasteiger partial charge is 0.379 e. The molecule has 29 heavy (non-hydrogen) atoms. The zero-order valence-corrected chi connectivity index (χ0v) is 16.5. The molecule has 0 bridgehead atoms. The van der Waals surface area contributed by atoms with E-state index in [1.54, 1.807) is 12.1 Å². The van der Waals surface area contributed by atoms with Gasteiger partial charge in [-0.3, -0.25) is 9.59 Å². The lowest BCUT2D eigenvalue weighted by molar-refractivity contribution is -0.116. The van der Waals surface area contributed by atoms with Crippen LogP contribution in [-0.4, -0.2) is 50.7 Å². The Morgan fingerprint density at radius 2 is 1.72 bits per heavy atom. The second-order valence-corrected chi connectivity index (χ2v) is 8.46. The van der Waals surface area contributed by atoms with Crippen LogP contribution in [0.25, 0.3) is 0 Å². The van der Waals surface area contributed by atoms with Crippen LogP contribution in [0.3, 0.4) is 0 Å². The number of nitrogens with zero attached hydrogens (tertiary/aromatic N) is 1. The van der Waals surface area contributed by atoms with Crippen molar-refractivity contribution in [2.24, 2.45) is 0 Å². The number of carbonyl (C=O) groups excluding carboxylic acids is 2. The molecule has 0 unspecified atom stereocenters. The monoisotopic (exact) mass is 420 g/mol. The first kappa shape index (κ1) is 21.1. The van der Waals surface area contributed by atoms with Crippen molar-refractivity contribution < 1.29 is 27.1 Å². The fourth-order valence-electron chi connectivity index (χ4n) is 2.90. The van der Waals surface area contributed by atoms with Gasteiger partial charge in [-0.15, -0.1) is 0 Å². The lowest BCUT2D eigenvalue weighted by atomic mass is 10.1. The summed E-state index contributed by atoms with van der Waals surface area (Å²) in [7, 11) is -3.67. The molecule has 0 spiro atoms. The van der Waals surface area contributed by atoms with Crippen LogP contribution in [0.15, 0.2) is 53.4 Å². The van der Waals surface area contributed by atoms with Gasteiger partial charge in [0.2, 0.25) is 15.9 Å². The number of sulfonamides is 1. The lowest BCUT2D eigenvalue weighted by Crippen LogP contribution is -2.40. The van der Waals surface area contributed by atoms with Crippen LogP contribution in [0, 0.1) is 5.82 Å². The van der Waals surface area contributed by atoms with Crippen LogP contribution in [0.1, 0.15) is 23.2 Å². The Morgan fingerprint density at radius 3 is 2.41 bits per heavy atom. The second-order valence-electron chi connectivity index (χ2n) is 6.52. The van der Waals surface area contributed by atoms with Gasteiger partial charge >= 0.3 is 0 Å². The van der Waals surface area contributed by atoms with E-state index in [1.165, 1.54) is 40.7 Å². The number of ether oxygens (including phenoxy) is 1. The standard InChI is InChI=1S/C20H21FN2O5S/c21-16-6-4-15(5-7-16)19(24)8-9-20(25)22-17-2-1-3-18(14-17)29(26,27)23-10-12-28-13-11-23/h1-7,14H,8-13H2,(H,22,25). The fraction of sp³-hybridized carbons (Fsp3) is 0.300. The molecule has 154 valence electrons. The van der Waals surface area contributed by atoms with Crippen molar-refractivity contribution >= 4 is 27.4 Å². The van der Waals surface area contributed by atoms with E-state index in [-0.39, 0.29) is 36.6 Å². The number of hydrogen-bond donors (Lipinski definition) is 1. The van der Waals surface area contributed by atoms with Crippen LogP contribution in [-0.2, 0) is 19.6 Å². The Balaban J connectivity index is 1.60. The topological polar surface area (TPSA) is 92.8 Å². The molecular weight excluding hydrogens is 399 g/mol. The highest BCUT2D eigenvalue weighted by Crippen LogP contribution is 2.21. The van der Waals surface area contributed by atoms with Gasteiger partial charge < -0.3 is 10.1 Å². The quantitative estimate of drug-likeness (QED) is 0.695. The molecule has 0 atom stereocenters. The Kier molecular flexibility index (Phi) is 6.73. The lowest BCUT2D eigenvalue weighted by Gasteiger charge is -2.26. The Bertz CT molecular complexity index is 986. The van der Waals surface area contributed by atoms with Gasteiger partial charge in [0, 0.05) is 37.2 Å². The molecule has 1 aliphatic heterocycles. The molecule has 0 aromatic heterocycles. The van der Waals surface area contributed by atoms with Crippen LogP contribution in [0.2, 0.25) is 0 Å². The molecular formula is C20H21FN2O5S. The molecule has 9 heteroatoms. The maximum Gasteiger partial charge on any atom is 0.243 e. The Labute approximate surface area is 168 Å². The SMILES string of the molecule is O=C(CCC(=O)c1ccc(F)cc1)Nc1cccc(S(=O)(=O)N2CCOCC2)c1. The maximum absolute atomic E-state index is 12.9. The van der Waals surface area contributed by atoms with Crippen LogP contribution < -0.4 is 5.32 Å². The van der Waals surface area contributed by atoms with Gasteiger partial charge in [-0.2, -0.15) is 4.31 Å². The first-order valence-electron chi connectivity index (χ1n) is 9.13. The molecule has 1 aliphatic rings. The summed E-state index contributed by atoms with van der Waals surface area (Å²) >= 11 is 0. The third kappa shape index (κ3) is 5.47. The average molecular weight is 420 g/mol. The number of ketones is 1. The molecule has 2 aromatic carbocycles. The number of nitrogens with one attached hydrogen (secondary N) is 1. The Morgan fingerprint density at radius 1 is 1.03 bits per heavy atom. The zero-order chi connectivity index (χ0) is 20.9. The summed E-state index contributed by atoms with van der Waals surface area (Å²) < 4.78 is 44.9. The number of Topliss-reactive ketones (excluding diaryl/α,β-unsaturated/α-hetero) is 1. The van der Waals surface area contributed by atoms with E-state index in [1.807, 2.05) is 0 Å². The van der Waals surface area contributed by atoms with Gasteiger partial charge in [0.25, 0.3) is 0 Å². The maximum atomic E-state index is 12.9. The smallest absolute Gasteiger partial charge is 0.243 e. The van der Waals surface area contributed by atoms with Crippen LogP contribution in [0.5, 0.6) is 0 Å². The minimum Gasteiger partial charge on any atom is -0.379 e. The van der Waals surface area contributed by atoms with E-state index >= 15 is 0 Å².